The molecule has 500 valence electrons. The number of amides is 1. The van der Waals surface area contributed by atoms with E-state index >= 15 is 0 Å². The highest BCUT2D eigenvalue weighted by Crippen LogP contribution is 2.35. The summed E-state index contributed by atoms with van der Waals surface area (Å²) in [6, 6.07) is -7.03. The first-order valence-corrected chi connectivity index (χ1v) is 31.9. The maximum atomic E-state index is 13.6. The van der Waals surface area contributed by atoms with Gasteiger partial charge in [-0.3, -0.25) is 4.79 Å². The number of hydrogen-bond donors (Lipinski definition) is 16. The molecule has 0 aliphatic carbocycles. The second-order valence-corrected chi connectivity index (χ2v) is 23.9. The lowest BCUT2D eigenvalue weighted by atomic mass is 9.93. The van der Waals surface area contributed by atoms with Crippen molar-refractivity contribution >= 4 is 5.91 Å². The molecule has 0 radical (unpaired) electrons. The molecule has 0 bridgehead atoms. The highest BCUT2D eigenvalue weighted by atomic mass is 16.8. The van der Waals surface area contributed by atoms with Crippen molar-refractivity contribution in [1.29, 1.82) is 0 Å². The van der Waals surface area contributed by atoms with Crippen molar-refractivity contribution in [3.63, 3.8) is 0 Å². The maximum Gasteiger partial charge on any atom is 0.220 e. The third-order valence-electron chi connectivity index (χ3n) is 17.3. The van der Waals surface area contributed by atoms with Gasteiger partial charge in [-0.05, 0) is 12.8 Å². The van der Waals surface area contributed by atoms with E-state index in [1.807, 2.05) is 0 Å². The SMILES string of the molecule is CCCCCCCCCCCCCCO[C@@H]1O[C@H](CO)[C@@H](O[C@@H]2O[C@H](CO)[C@@H](O[C@@H]3O[C@H](CO)[C@@H](O[C@@H]4O[C@H](CO)[C@@H](O[C@@H]5O[C@H](CO)[C@@H](O)[C@H](O)[C@H]5N)[C@H](O)[C@H]4N)[C@H](O)[C@H]3N)[C@H](O)[C@H]2N)[C@H](O)[C@H]1NC(=O)CCCCCCCCCCCCC. The van der Waals surface area contributed by atoms with Crippen LogP contribution in [0.2, 0.25) is 0 Å². The van der Waals surface area contributed by atoms with E-state index in [1.165, 1.54) is 89.9 Å². The molecule has 5 saturated heterocycles. The van der Waals surface area contributed by atoms with E-state index in [9.17, 15) is 61.0 Å². The Morgan fingerprint density at radius 2 is 0.647 bits per heavy atom. The molecule has 0 aromatic rings. The van der Waals surface area contributed by atoms with Gasteiger partial charge in [-0.2, -0.15) is 0 Å². The van der Waals surface area contributed by atoms with Crippen molar-refractivity contribution in [3.8, 4) is 0 Å². The van der Waals surface area contributed by atoms with Gasteiger partial charge in [-0.25, -0.2) is 0 Å². The molecule has 85 heavy (non-hydrogen) atoms. The Bertz CT molecular complexity index is 1770. The topological polar surface area (TPSA) is 448 Å². The molecule has 0 saturated carbocycles. The zero-order chi connectivity index (χ0) is 62.0. The van der Waals surface area contributed by atoms with Gasteiger partial charge in [0, 0.05) is 13.0 Å². The smallest absolute Gasteiger partial charge is 0.220 e. The van der Waals surface area contributed by atoms with E-state index in [0.29, 0.717) is 12.8 Å². The second-order valence-electron chi connectivity index (χ2n) is 23.9. The fourth-order valence-corrected chi connectivity index (χ4v) is 11.9. The molecule has 5 aliphatic heterocycles. The lowest BCUT2D eigenvalue weighted by Gasteiger charge is -2.50. The molecule has 0 spiro atoms. The summed E-state index contributed by atoms with van der Waals surface area (Å²) in [5.74, 6) is -0.334. The number of aliphatic hydroxyl groups is 11. The van der Waals surface area contributed by atoms with Crippen LogP contribution in [0, 0.1) is 0 Å². The highest BCUT2D eigenvalue weighted by molar-refractivity contribution is 5.76. The third kappa shape index (κ3) is 21.8. The number of ether oxygens (including phenoxy) is 10. The molecule has 5 heterocycles. The summed E-state index contributed by atoms with van der Waals surface area (Å²) >= 11 is 0. The second kappa shape index (κ2) is 39.7. The summed E-state index contributed by atoms with van der Waals surface area (Å²) in [7, 11) is 0. The number of rotatable bonds is 40. The van der Waals surface area contributed by atoms with Gasteiger partial charge in [0.2, 0.25) is 5.91 Å². The molecular formula is C58H111N5O22. The number of unbranched alkanes of at least 4 members (excludes halogenated alkanes) is 21. The van der Waals surface area contributed by atoms with Gasteiger partial charge in [0.25, 0.3) is 0 Å². The van der Waals surface area contributed by atoms with Crippen molar-refractivity contribution in [2.45, 2.75) is 321 Å². The largest absolute Gasteiger partial charge is 0.394 e. The lowest BCUT2D eigenvalue weighted by Crippen LogP contribution is -2.71. The molecular weight excluding hydrogens is 1120 g/mol. The van der Waals surface area contributed by atoms with Crippen LogP contribution in [0.4, 0.5) is 0 Å². The van der Waals surface area contributed by atoms with E-state index < -0.39 is 186 Å². The number of hydrogen-bond acceptors (Lipinski definition) is 26. The molecule has 20 N–H and O–H groups in total. The highest BCUT2D eigenvalue weighted by Gasteiger charge is 2.56. The summed E-state index contributed by atoms with van der Waals surface area (Å²) in [6.07, 6.45) is -4.02. The van der Waals surface area contributed by atoms with E-state index in [0.717, 1.165) is 44.9 Å². The third-order valence-corrected chi connectivity index (χ3v) is 17.3. The van der Waals surface area contributed by atoms with Gasteiger partial charge >= 0.3 is 0 Å². The van der Waals surface area contributed by atoms with Gasteiger partial charge in [0.15, 0.2) is 31.5 Å². The zero-order valence-electron chi connectivity index (χ0n) is 50.4. The summed E-state index contributed by atoms with van der Waals surface area (Å²) in [4.78, 5) is 13.6. The van der Waals surface area contributed by atoms with Gasteiger partial charge in [-0.15, -0.1) is 0 Å². The fourth-order valence-electron chi connectivity index (χ4n) is 11.9. The van der Waals surface area contributed by atoms with Crippen LogP contribution in [0.5, 0.6) is 0 Å². The molecule has 25 atom stereocenters. The minimum Gasteiger partial charge on any atom is -0.394 e. The van der Waals surface area contributed by atoms with Crippen LogP contribution < -0.4 is 28.3 Å². The lowest BCUT2D eigenvalue weighted by molar-refractivity contribution is -0.364. The number of nitrogens with one attached hydrogen (secondary N) is 1. The molecule has 0 aromatic carbocycles. The van der Waals surface area contributed by atoms with E-state index in [2.05, 4.69) is 19.2 Å². The van der Waals surface area contributed by atoms with Crippen molar-refractivity contribution in [1.82, 2.24) is 5.32 Å². The van der Waals surface area contributed by atoms with Gasteiger partial charge in [-0.1, -0.05) is 149 Å². The molecule has 5 rings (SSSR count). The van der Waals surface area contributed by atoms with Gasteiger partial charge < -0.3 is 132 Å². The predicted molar refractivity (Wildman–Crippen MR) is 306 cm³/mol. The number of nitrogens with two attached hydrogens (primary N) is 4. The van der Waals surface area contributed by atoms with Crippen molar-refractivity contribution in [2.24, 2.45) is 22.9 Å². The maximum absolute atomic E-state index is 13.6. The van der Waals surface area contributed by atoms with Crippen molar-refractivity contribution in [3.05, 3.63) is 0 Å². The van der Waals surface area contributed by atoms with Crippen LogP contribution in [-0.2, 0) is 52.2 Å². The normalized spacial score (nSPS) is 39.0. The Morgan fingerprint density at radius 3 is 0.988 bits per heavy atom. The Labute approximate surface area is 501 Å². The fraction of sp³-hybridized carbons (Fsp3) is 0.983. The molecule has 0 unspecified atom stereocenters. The summed E-state index contributed by atoms with van der Waals surface area (Å²) in [5, 5.41) is 122. The van der Waals surface area contributed by atoms with Crippen LogP contribution >= 0.6 is 0 Å². The van der Waals surface area contributed by atoms with Crippen LogP contribution in [0.25, 0.3) is 0 Å². The molecule has 1 amide bonds. The molecule has 5 fully saturated rings. The van der Waals surface area contributed by atoms with Crippen molar-refractivity contribution < 1.29 is 108 Å². The predicted octanol–water partition coefficient (Wildman–Crippen LogP) is -1.51. The van der Waals surface area contributed by atoms with Crippen LogP contribution in [0.15, 0.2) is 0 Å². The first-order chi connectivity index (χ1) is 41.0. The minimum atomic E-state index is -1.75. The van der Waals surface area contributed by atoms with Gasteiger partial charge in [0.1, 0.15) is 97.6 Å². The number of carbonyl (C=O) groups excluding carboxylic acids is 1. The van der Waals surface area contributed by atoms with E-state index in [4.69, 9.17) is 70.3 Å². The average Bonchev–Trinajstić information content (AvgIpc) is 2.35. The average molecular weight is 1230 g/mol. The Balaban J connectivity index is 1.18. The Morgan fingerprint density at radius 1 is 0.365 bits per heavy atom. The summed E-state index contributed by atoms with van der Waals surface area (Å²) < 4.78 is 60.0. The number of aliphatic hydroxyl groups excluding tert-OH is 11. The Kier molecular flexibility index (Phi) is 34.6. The van der Waals surface area contributed by atoms with Crippen LogP contribution in [0.3, 0.4) is 0 Å². The first-order valence-electron chi connectivity index (χ1n) is 31.9. The summed E-state index contributed by atoms with van der Waals surface area (Å²) in [5.41, 5.74) is 25.4. The first kappa shape index (κ1) is 74.2. The monoisotopic (exact) mass is 1230 g/mol. The van der Waals surface area contributed by atoms with Gasteiger partial charge in [0.05, 0.1) is 57.2 Å². The van der Waals surface area contributed by atoms with Crippen LogP contribution in [0.1, 0.15) is 168 Å². The molecule has 27 heteroatoms. The van der Waals surface area contributed by atoms with Crippen molar-refractivity contribution in [2.75, 3.05) is 39.6 Å². The molecule has 27 nitrogen and oxygen atoms in total. The van der Waals surface area contributed by atoms with E-state index in [-0.39, 0.29) is 18.9 Å². The Hall–Kier alpha value is -1.53. The molecule has 0 aromatic heterocycles. The number of carbonyl (C=O) groups is 1. The zero-order valence-corrected chi connectivity index (χ0v) is 50.4. The quantitative estimate of drug-likeness (QED) is 0.0310. The standard InChI is InChI=1S/C58H111N5O22/c1-3-5-7-9-11-13-15-17-19-21-23-25-27-76-58-43(63-38(69)26-24-22-20-18-16-14-12-10-8-6-4-2)49(75)53(37(32-68)81-58)85-57-42(62)48(74)52(36(31-67)80-57)84-56-41(61)47(73)51(35(30-66)79-56)83-55-40(60)46(72)50(34(29-65)78-55)82-54-39(59)45(71)44(70)33(28-64)77-54/h33-37,39-58,64-68,70-75H,3-32,59-62H2,1-2H3,(H,63,69)/t33-,34-,35-,36-,37-,39-,40-,41-,42-,43-,44-,45-,46-,47-,48-,49-,50-,51-,52-,53-,54+,55+,56+,57+,58-/m1/s1. The summed E-state index contributed by atoms with van der Waals surface area (Å²) in [6.45, 7) is 0.863. The minimum absolute atomic E-state index is 0.193. The van der Waals surface area contributed by atoms with E-state index in [1.54, 1.807) is 0 Å². The molecule has 5 aliphatic rings. The van der Waals surface area contributed by atoms with Crippen LogP contribution in [-0.4, -0.2) is 255 Å².